The van der Waals surface area contributed by atoms with E-state index in [0.717, 1.165) is 49.2 Å². The number of alkyl halides is 3. The quantitative estimate of drug-likeness (QED) is 0.0696. The van der Waals surface area contributed by atoms with E-state index < -0.39 is 24.2 Å². The van der Waals surface area contributed by atoms with E-state index in [9.17, 15) is 22.8 Å². The van der Waals surface area contributed by atoms with Crippen molar-refractivity contribution in [1.29, 1.82) is 0 Å². The Balaban J connectivity index is 1.14. The van der Waals surface area contributed by atoms with Crippen LogP contribution in [0.15, 0.2) is 84.9 Å². The molecule has 4 rings (SSSR count). The molecule has 8 heteroatoms. The fourth-order valence-corrected chi connectivity index (χ4v) is 6.04. The van der Waals surface area contributed by atoms with Gasteiger partial charge < -0.3 is 14.6 Å². The molecule has 0 fully saturated rings. The van der Waals surface area contributed by atoms with Crippen molar-refractivity contribution in [3.05, 3.63) is 102 Å². The molecule has 0 aliphatic heterocycles. The van der Waals surface area contributed by atoms with E-state index in [0.29, 0.717) is 17.2 Å². The van der Waals surface area contributed by atoms with E-state index in [4.69, 9.17) is 14.6 Å². The maximum atomic E-state index is 13.7. The lowest BCUT2D eigenvalue weighted by Gasteiger charge is -2.21. The number of hydrogen-bond acceptors (Lipinski definition) is 4. The van der Waals surface area contributed by atoms with Crippen LogP contribution >= 0.6 is 0 Å². The summed E-state index contributed by atoms with van der Waals surface area (Å²) in [6.45, 7) is 2.98. The fraction of sp³-hybridized carbons (Fsp3) is 0.429. The standard InChI is InChI=1S/C42H49F3O5/c1-2-3-4-5-6-7-10-13-28-49-38-26-24-33(25-27-38)32-18-16-31(17-19-32)14-11-8-9-12-15-39(42(43,44)45)50-41(48)37-23-21-34-29-36(40(46)47)22-20-35(34)30-37/h16-27,29-30,39H,2-15,28H2,1H3,(H,46,47). The normalized spacial score (nSPS) is 12.2. The number of ether oxygens (including phenoxy) is 2. The summed E-state index contributed by atoms with van der Waals surface area (Å²) in [5, 5.41) is 10.2. The highest BCUT2D eigenvalue weighted by Gasteiger charge is 2.42. The van der Waals surface area contributed by atoms with Gasteiger partial charge in [-0.15, -0.1) is 0 Å². The zero-order valence-electron chi connectivity index (χ0n) is 29.0. The zero-order valence-corrected chi connectivity index (χ0v) is 29.0. The predicted octanol–water partition coefficient (Wildman–Crippen LogP) is 12.0. The van der Waals surface area contributed by atoms with E-state index in [1.54, 1.807) is 0 Å². The summed E-state index contributed by atoms with van der Waals surface area (Å²) < 4.78 is 52.0. The number of halogens is 3. The molecule has 0 saturated heterocycles. The second-order valence-corrected chi connectivity index (χ2v) is 13.0. The number of aryl methyl sites for hydroxylation is 1. The highest BCUT2D eigenvalue weighted by molar-refractivity contribution is 5.98. The van der Waals surface area contributed by atoms with E-state index in [2.05, 4.69) is 43.3 Å². The minimum Gasteiger partial charge on any atom is -0.494 e. The molecular formula is C42H49F3O5. The Bertz CT molecular complexity index is 1630. The van der Waals surface area contributed by atoms with Gasteiger partial charge in [0.15, 0.2) is 6.10 Å². The van der Waals surface area contributed by atoms with Crippen LogP contribution in [-0.2, 0) is 11.2 Å². The first-order valence-corrected chi connectivity index (χ1v) is 18.0. The van der Waals surface area contributed by atoms with Gasteiger partial charge in [0.1, 0.15) is 5.75 Å². The number of unbranched alkanes of at least 4 members (excludes halogenated alkanes) is 10. The monoisotopic (exact) mass is 690 g/mol. The lowest BCUT2D eigenvalue weighted by atomic mass is 10.0. The van der Waals surface area contributed by atoms with Crippen molar-refractivity contribution in [2.24, 2.45) is 0 Å². The van der Waals surface area contributed by atoms with E-state index in [1.807, 2.05) is 12.1 Å². The van der Waals surface area contributed by atoms with Crippen LogP contribution in [0.3, 0.4) is 0 Å². The van der Waals surface area contributed by atoms with Crippen LogP contribution in [0.4, 0.5) is 13.2 Å². The number of fused-ring (bicyclic) bond motifs is 1. The number of benzene rings is 4. The molecule has 1 atom stereocenters. The van der Waals surface area contributed by atoms with Gasteiger partial charge in [0.25, 0.3) is 0 Å². The molecule has 1 N–H and O–H groups in total. The Morgan fingerprint density at radius 1 is 0.660 bits per heavy atom. The molecule has 0 spiro atoms. The Labute approximate surface area is 293 Å². The Kier molecular flexibility index (Phi) is 15.2. The van der Waals surface area contributed by atoms with Gasteiger partial charge in [-0.05, 0) is 96.0 Å². The Hall–Kier alpha value is -4.33. The number of carbonyl (C=O) groups is 2. The second kappa shape index (κ2) is 19.8. The third kappa shape index (κ3) is 12.5. The van der Waals surface area contributed by atoms with Crippen molar-refractivity contribution in [2.75, 3.05) is 6.61 Å². The van der Waals surface area contributed by atoms with Gasteiger partial charge in [-0.2, -0.15) is 13.2 Å². The highest BCUT2D eigenvalue weighted by Crippen LogP contribution is 2.29. The molecule has 268 valence electrons. The van der Waals surface area contributed by atoms with Gasteiger partial charge in [-0.3, -0.25) is 0 Å². The molecule has 0 aliphatic carbocycles. The van der Waals surface area contributed by atoms with Gasteiger partial charge >= 0.3 is 18.1 Å². The van der Waals surface area contributed by atoms with Crippen LogP contribution < -0.4 is 4.74 Å². The van der Waals surface area contributed by atoms with Crippen molar-refractivity contribution in [3.63, 3.8) is 0 Å². The summed E-state index contributed by atoms with van der Waals surface area (Å²) in [5.41, 5.74) is 3.47. The van der Waals surface area contributed by atoms with Crippen molar-refractivity contribution < 1.29 is 37.3 Å². The number of carboxylic acid groups (broad SMARTS) is 1. The molecule has 0 bridgehead atoms. The molecule has 0 aromatic heterocycles. The SMILES string of the molecule is CCCCCCCCCCOc1ccc(-c2ccc(CCCCCCC(OC(=O)c3ccc4cc(C(=O)O)ccc4c3)C(F)(F)F)cc2)cc1. The average Bonchev–Trinajstić information content (AvgIpc) is 3.11. The lowest BCUT2D eigenvalue weighted by molar-refractivity contribution is -0.206. The van der Waals surface area contributed by atoms with Crippen LogP contribution in [0.5, 0.6) is 5.75 Å². The topological polar surface area (TPSA) is 72.8 Å². The minimum absolute atomic E-state index is 0.0174. The van der Waals surface area contributed by atoms with Crippen LogP contribution in [-0.4, -0.2) is 35.9 Å². The first-order chi connectivity index (χ1) is 24.1. The molecule has 5 nitrogen and oxygen atoms in total. The summed E-state index contributed by atoms with van der Waals surface area (Å²) in [6.07, 6.45) is 6.35. The molecule has 0 amide bonds. The first-order valence-electron chi connectivity index (χ1n) is 18.0. The number of carboxylic acids is 1. The average molecular weight is 691 g/mol. The van der Waals surface area contributed by atoms with Gasteiger partial charge in [-0.1, -0.05) is 113 Å². The predicted molar refractivity (Wildman–Crippen MR) is 193 cm³/mol. The van der Waals surface area contributed by atoms with Gasteiger partial charge in [0.05, 0.1) is 17.7 Å². The molecule has 1 unspecified atom stereocenters. The van der Waals surface area contributed by atoms with Crippen molar-refractivity contribution >= 4 is 22.7 Å². The molecule has 4 aromatic rings. The highest BCUT2D eigenvalue weighted by atomic mass is 19.4. The number of esters is 1. The second-order valence-electron chi connectivity index (χ2n) is 13.0. The first kappa shape index (κ1) is 38.5. The third-order valence-corrected chi connectivity index (χ3v) is 9.03. The number of hydrogen-bond donors (Lipinski definition) is 1. The number of aromatic carboxylic acids is 1. The largest absolute Gasteiger partial charge is 0.494 e. The smallest absolute Gasteiger partial charge is 0.425 e. The van der Waals surface area contributed by atoms with E-state index in [1.165, 1.54) is 86.9 Å². The summed E-state index contributed by atoms with van der Waals surface area (Å²) >= 11 is 0. The summed E-state index contributed by atoms with van der Waals surface area (Å²) in [5.74, 6) is -1.26. The molecule has 0 aliphatic rings. The zero-order chi connectivity index (χ0) is 35.8. The minimum atomic E-state index is -4.68. The van der Waals surface area contributed by atoms with Crippen molar-refractivity contribution in [1.82, 2.24) is 0 Å². The van der Waals surface area contributed by atoms with Crippen LogP contribution in [0.25, 0.3) is 21.9 Å². The van der Waals surface area contributed by atoms with Crippen molar-refractivity contribution in [2.45, 2.75) is 109 Å². The summed E-state index contributed by atoms with van der Waals surface area (Å²) in [7, 11) is 0. The number of carbonyl (C=O) groups excluding carboxylic acids is 1. The maximum absolute atomic E-state index is 13.7. The fourth-order valence-electron chi connectivity index (χ4n) is 6.04. The molecule has 0 saturated carbocycles. The molecule has 0 heterocycles. The Morgan fingerprint density at radius 2 is 1.20 bits per heavy atom. The van der Waals surface area contributed by atoms with Crippen molar-refractivity contribution in [3.8, 4) is 16.9 Å². The summed E-state index contributed by atoms with van der Waals surface area (Å²) in [4.78, 5) is 23.8. The van der Waals surface area contributed by atoms with Gasteiger partial charge in [0.2, 0.25) is 0 Å². The molecule has 4 aromatic carbocycles. The summed E-state index contributed by atoms with van der Waals surface area (Å²) in [6, 6.07) is 25.1. The van der Waals surface area contributed by atoms with E-state index >= 15 is 0 Å². The lowest BCUT2D eigenvalue weighted by Crippen LogP contribution is -2.33. The molecule has 50 heavy (non-hydrogen) atoms. The number of rotatable bonds is 21. The van der Waals surface area contributed by atoms with Crippen LogP contribution in [0.2, 0.25) is 0 Å². The van der Waals surface area contributed by atoms with Crippen LogP contribution in [0, 0.1) is 0 Å². The Morgan fingerprint density at radius 3 is 1.82 bits per heavy atom. The third-order valence-electron chi connectivity index (χ3n) is 9.03. The maximum Gasteiger partial charge on any atom is 0.425 e. The van der Waals surface area contributed by atoms with Gasteiger partial charge in [0, 0.05) is 0 Å². The molecule has 0 radical (unpaired) electrons. The van der Waals surface area contributed by atoms with Crippen LogP contribution in [0.1, 0.15) is 117 Å². The van der Waals surface area contributed by atoms with Gasteiger partial charge in [-0.25, -0.2) is 9.59 Å². The molecular weight excluding hydrogens is 641 g/mol. The van der Waals surface area contributed by atoms with E-state index in [-0.39, 0.29) is 24.0 Å².